The molecule has 0 atom stereocenters. The van der Waals surface area contributed by atoms with Gasteiger partial charge in [-0.1, -0.05) is 13.2 Å². The molecule has 0 heterocycles. The van der Waals surface area contributed by atoms with Gasteiger partial charge < -0.3 is 26.2 Å². The number of Topliss-reactive ketones (excluding diaryl/α,β-unsaturated/α-hetero) is 2. The van der Waals surface area contributed by atoms with Gasteiger partial charge in [-0.3, -0.25) is 9.59 Å². The largest absolute Gasteiger partial charge is 0.391 e. The topological polar surface area (TPSA) is 141 Å². The van der Waals surface area contributed by atoms with Crippen LogP contribution in [-0.4, -0.2) is 35.1 Å². The molecular weight excluding hydrogens is 264 g/mol. The first kappa shape index (κ1) is 26.3. The molecule has 2 amide bonds. The van der Waals surface area contributed by atoms with Crippen LogP contribution in [0.15, 0.2) is 24.8 Å². The molecule has 0 radical (unpaired) electrons. The van der Waals surface area contributed by atoms with Crippen molar-refractivity contribution in [1.29, 1.82) is 0 Å². The Morgan fingerprint density at radius 1 is 1.00 bits per heavy atom. The Bertz CT molecular complexity index is 329. The van der Waals surface area contributed by atoms with Crippen LogP contribution in [0.2, 0.25) is 0 Å². The minimum atomic E-state index is -0.650. The molecule has 0 saturated carbocycles. The van der Waals surface area contributed by atoms with Crippen molar-refractivity contribution in [2.24, 2.45) is 11.5 Å². The second-order valence-corrected chi connectivity index (χ2v) is 3.55. The molecule has 0 bridgehead atoms. The van der Waals surface area contributed by atoms with E-state index in [0.717, 1.165) is 6.08 Å². The fourth-order valence-corrected chi connectivity index (χ4v) is 0.0779. The highest BCUT2D eigenvalue weighted by atomic mass is 16.3. The van der Waals surface area contributed by atoms with E-state index in [1.165, 1.54) is 27.7 Å². The molecule has 116 valence electrons. The fraction of sp³-hybridized carbons (Fsp3) is 0.385. The number of rotatable bonds is 3. The molecule has 0 rings (SSSR count). The van der Waals surface area contributed by atoms with Gasteiger partial charge >= 0.3 is 0 Å². The van der Waals surface area contributed by atoms with Gasteiger partial charge in [-0.05, 0) is 33.8 Å². The highest BCUT2D eigenvalue weighted by molar-refractivity contribution is 5.91. The molecule has 5 N–H and O–H groups in total. The maximum Gasteiger partial charge on any atom is 0.246 e. The zero-order chi connectivity index (χ0) is 17.3. The van der Waals surface area contributed by atoms with Gasteiger partial charge in [-0.25, -0.2) is 0 Å². The number of amides is 2. The van der Waals surface area contributed by atoms with Gasteiger partial charge in [0.05, 0.1) is 6.61 Å². The Morgan fingerprint density at radius 2 is 1.20 bits per heavy atom. The average Bonchev–Trinajstić information content (AvgIpc) is 2.27. The summed E-state index contributed by atoms with van der Waals surface area (Å²) in [5.41, 5.74) is 9.22. The number of hydrogen-bond donors (Lipinski definition) is 3. The van der Waals surface area contributed by atoms with E-state index in [9.17, 15) is 19.2 Å². The van der Waals surface area contributed by atoms with E-state index >= 15 is 0 Å². The van der Waals surface area contributed by atoms with Gasteiger partial charge in [0.2, 0.25) is 11.8 Å². The van der Waals surface area contributed by atoms with Crippen LogP contribution in [0.4, 0.5) is 0 Å². The van der Waals surface area contributed by atoms with Crippen LogP contribution >= 0.6 is 0 Å². The van der Waals surface area contributed by atoms with Crippen molar-refractivity contribution in [3.8, 4) is 0 Å². The van der Waals surface area contributed by atoms with Crippen molar-refractivity contribution >= 4 is 23.4 Å². The van der Waals surface area contributed by atoms with E-state index in [-0.39, 0.29) is 23.7 Å². The summed E-state index contributed by atoms with van der Waals surface area (Å²) in [4.78, 5) is 38.3. The van der Waals surface area contributed by atoms with Crippen LogP contribution in [0, 0.1) is 0 Å². The molecular formula is C13H24N2O5. The monoisotopic (exact) mass is 288 g/mol. The van der Waals surface area contributed by atoms with Crippen LogP contribution in [0.1, 0.15) is 27.7 Å². The molecule has 0 aliphatic rings. The summed E-state index contributed by atoms with van der Waals surface area (Å²) in [5, 5.41) is 8.10. The summed E-state index contributed by atoms with van der Waals surface area (Å²) < 4.78 is 0. The lowest BCUT2D eigenvalue weighted by molar-refractivity contribution is -0.115. The molecule has 0 aromatic heterocycles. The molecule has 20 heavy (non-hydrogen) atoms. The van der Waals surface area contributed by atoms with Crippen LogP contribution in [0.3, 0.4) is 0 Å². The number of carbonyl (C=O) groups excluding carboxylic acids is 4. The van der Waals surface area contributed by atoms with E-state index in [2.05, 4.69) is 24.6 Å². The molecule has 0 aliphatic heterocycles. The minimum Gasteiger partial charge on any atom is -0.391 e. The number of nitrogens with two attached hydrogens (primary N) is 2. The van der Waals surface area contributed by atoms with Crippen molar-refractivity contribution in [2.75, 3.05) is 6.61 Å². The smallest absolute Gasteiger partial charge is 0.246 e. The first-order valence-corrected chi connectivity index (χ1v) is 5.36. The van der Waals surface area contributed by atoms with E-state index in [1.54, 1.807) is 0 Å². The van der Waals surface area contributed by atoms with E-state index in [1.807, 2.05) is 0 Å². The summed E-state index contributed by atoms with van der Waals surface area (Å²) in [5.74, 6) is -0.799. The lowest BCUT2D eigenvalue weighted by atomic mass is 10.3. The third-order valence-electron chi connectivity index (χ3n) is 0.741. The number of primary amides is 2. The number of carbonyl (C=O) groups is 4. The van der Waals surface area contributed by atoms with Crippen molar-refractivity contribution in [3.05, 3.63) is 24.8 Å². The molecule has 0 saturated heterocycles. The van der Waals surface area contributed by atoms with Crippen molar-refractivity contribution in [2.45, 2.75) is 27.7 Å². The Labute approximate surface area is 119 Å². The van der Waals surface area contributed by atoms with Gasteiger partial charge in [0.1, 0.15) is 11.6 Å². The normalized spacial score (nSPS) is 7.05. The number of hydrogen-bond acceptors (Lipinski definition) is 5. The van der Waals surface area contributed by atoms with Gasteiger partial charge in [0.25, 0.3) is 0 Å². The predicted molar refractivity (Wildman–Crippen MR) is 77.5 cm³/mol. The second-order valence-electron chi connectivity index (χ2n) is 3.55. The highest BCUT2D eigenvalue weighted by Gasteiger charge is 1.94. The first-order valence-electron chi connectivity index (χ1n) is 5.36. The molecule has 7 nitrogen and oxygen atoms in total. The molecule has 0 aliphatic carbocycles. The van der Waals surface area contributed by atoms with Crippen LogP contribution in [0.5, 0.6) is 0 Å². The van der Waals surface area contributed by atoms with Crippen LogP contribution < -0.4 is 11.5 Å². The highest BCUT2D eigenvalue weighted by Crippen LogP contribution is 1.80. The van der Waals surface area contributed by atoms with Crippen molar-refractivity contribution < 1.29 is 24.3 Å². The average molecular weight is 288 g/mol. The lowest BCUT2D eigenvalue weighted by Crippen LogP contribution is -2.14. The number of aliphatic hydroxyl groups is 1. The Hall–Kier alpha value is -2.28. The van der Waals surface area contributed by atoms with Crippen molar-refractivity contribution in [1.82, 2.24) is 0 Å². The lowest BCUT2D eigenvalue weighted by Gasteiger charge is -1.88. The predicted octanol–water partition coefficient (Wildman–Crippen LogP) is -0.131. The number of aliphatic hydroxyl groups excluding tert-OH is 1. The standard InChI is InChI=1S/C4H7NO2.C3H5NO.2C3H6O/c1-3(2-6)4(5)7;1-2-3(4)5;2*1-3(2)4/h6H,1-2H2,(H2,5,7);2H,1H2,(H2,4,5);2*1-2H3. The fourth-order valence-electron chi connectivity index (χ4n) is 0.0779. The van der Waals surface area contributed by atoms with Crippen molar-refractivity contribution in [3.63, 3.8) is 0 Å². The van der Waals surface area contributed by atoms with E-state index in [4.69, 9.17) is 5.11 Å². The number of ketones is 2. The van der Waals surface area contributed by atoms with Crippen LogP contribution in [-0.2, 0) is 19.2 Å². The zero-order valence-corrected chi connectivity index (χ0v) is 12.4. The maximum absolute atomic E-state index is 9.89. The summed E-state index contributed by atoms with van der Waals surface area (Å²) in [7, 11) is 0. The van der Waals surface area contributed by atoms with Gasteiger partial charge in [-0.2, -0.15) is 0 Å². The van der Waals surface area contributed by atoms with E-state index < -0.39 is 11.8 Å². The van der Waals surface area contributed by atoms with Gasteiger partial charge in [0.15, 0.2) is 0 Å². The summed E-state index contributed by atoms with van der Waals surface area (Å²) >= 11 is 0. The molecule has 0 unspecified atom stereocenters. The second kappa shape index (κ2) is 19.1. The quantitative estimate of drug-likeness (QED) is 0.620. The Morgan fingerprint density at radius 3 is 1.20 bits per heavy atom. The maximum atomic E-state index is 9.89. The zero-order valence-electron chi connectivity index (χ0n) is 12.4. The Balaban J connectivity index is -0.0000000883. The summed E-state index contributed by atoms with van der Waals surface area (Å²) in [6.45, 7) is 12.0. The molecule has 0 fully saturated rings. The van der Waals surface area contributed by atoms with Gasteiger partial charge in [0, 0.05) is 5.57 Å². The first-order chi connectivity index (χ1) is 8.91. The van der Waals surface area contributed by atoms with E-state index in [0.29, 0.717) is 0 Å². The third-order valence-corrected chi connectivity index (χ3v) is 0.741. The van der Waals surface area contributed by atoms with Crippen LogP contribution in [0.25, 0.3) is 0 Å². The molecule has 0 aromatic rings. The van der Waals surface area contributed by atoms with Gasteiger partial charge in [-0.15, -0.1) is 0 Å². The SMILES string of the molecule is C=C(CO)C(N)=O.C=CC(N)=O.CC(C)=O.CC(C)=O. The third kappa shape index (κ3) is 104. The summed E-state index contributed by atoms with van der Waals surface area (Å²) in [6, 6.07) is 0. The summed E-state index contributed by atoms with van der Waals surface area (Å²) in [6.07, 6.45) is 1.06. The molecule has 7 heteroatoms. The minimum absolute atomic E-state index is 0.0417. The molecule has 0 aromatic carbocycles. The molecule has 0 spiro atoms. The Kier molecular flexibility index (Phi) is 25.1.